The maximum Gasteiger partial charge on any atom is 0.573 e. The molecule has 1 atom stereocenters. The molecule has 0 aliphatic carbocycles. The molecule has 4 rings (SSSR count). The van der Waals surface area contributed by atoms with Gasteiger partial charge in [-0.05, 0) is 43.5 Å². The number of anilines is 3. The SMILES string of the molecule is Cc1nn(C)cc1Nc1cc(N2CCCC(C(=O)NCc3ccc(OC(F)(F)F)cc3)C2)ccn1. The molecule has 2 N–H and O–H groups in total. The molecule has 1 saturated heterocycles. The second kappa shape index (κ2) is 10.2. The van der Waals surface area contributed by atoms with Gasteiger partial charge < -0.3 is 20.3 Å². The van der Waals surface area contributed by atoms with Crippen molar-refractivity contribution in [2.24, 2.45) is 13.0 Å². The summed E-state index contributed by atoms with van der Waals surface area (Å²) in [7, 11) is 1.86. The van der Waals surface area contributed by atoms with Gasteiger partial charge in [0.25, 0.3) is 0 Å². The summed E-state index contributed by atoms with van der Waals surface area (Å²) in [6.07, 6.45) is 0.535. The molecule has 1 aliphatic rings. The summed E-state index contributed by atoms with van der Waals surface area (Å²) >= 11 is 0. The van der Waals surface area contributed by atoms with E-state index >= 15 is 0 Å². The first-order chi connectivity index (χ1) is 16.7. The van der Waals surface area contributed by atoms with E-state index < -0.39 is 6.36 Å². The number of aromatic nitrogens is 3. The number of halogens is 3. The Bertz CT molecular complexity index is 1160. The summed E-state index contributed by atoms with van der Waals surface area (Å²) in [6.45, 7) is 3.56. The number of aryl methyl sites for hydroxylation is 2. The zero-order valence-corrected chi connectivity index (χ0v) is 19.5. The van der Waals surface area contributed by atoms with Crippen LogP contribution in [0.5, 0.6) is 5.75 Å². The normalized spacial score (nSPS) is 16.1. The Hall–Kier alpha value is -3.76. The number of hydrogen-bond donors (Lipinski definition) is 2. The summed E-state index contributed by atoms with van der Waals surface area (Å²) in [5.41, 5.74) is 3.42. The number of rotatable bonds is 7. The lowest BCUT2D eigenvalue weighted by atomic mass is 9.96. The number of nitrogens with zero attached hydrogens (tertiary/aromatic N) is 4. The summed E-state index contributed by atoms with van der Waals surface area (Å²) in [6, 6.07) is 9.36. The van der Waals surface area contributed by atoms with Crippen molar-refractivity contribution in [2.45, 2.75) is 32.7 Å². The van der Waals surface area contributed by atoms with Crippen LogP contribution in [-0.4, -0.2) is 40.1 Å². The van der Waals surface area contributed by atoms with Crippen molar-refractivity contribution >= 4 is 23.1 Å². The van der Waals surface area contributed by atoms with Gasteiger partial charge in [0.15, 0.2) is 0 Å². The molecule has 0 radical (unpaired) electrons. The Kier molecular flexibility index (Phi) is 7.13. The first-order valence-corrected chi connectivity index (χ1v) is 11.3. The van der Waals surface area contributed by atoms with Crippen LogP contribution in [0.3, 0.4) is 0 Å². The van der Waals surface area contributed by atoms with Crippen molar-refractivity contribution in [3.05, 3.63) is 60.0 Å². The van der Waals surface area contributed by atoms with Crippen LogP contribution >= 0.6 is 0 Å². The van der Waals surface area contributed by atoms with Crippen LogP contribution in [0.15, 0.2) is 48.8 Å². The standard InChI is InChI=1S/C24H27F3N6O2/c1-16-21(15-32(2)31-16)30-22-12-19(9-10-28-22)33-11-3-4-18(14-33)23(34)29-13-17-5-7-20(8-6-17)35-24(25,26)27/h5-10,12,15,18H,3-4,11,13-14H2,1-2H3,(H,28,30)(H,29,34). The first kappa shape index (κ1) is 24.4. The van der Waals surface area contributed by atoms with Crippen LogP contribution in [0.1, 0.15) is 24.1 Å². The number of hydrogen-bond acceptors (Lipinski definition) is 6. The van der Waals surface area contributed by atoms with Gasteiger partial charge in [-0.1, -0.05) is 12.1 Å². The highest BCUT2D eigenvalue weighted by atomic mass is 19.4. The summed E-state index contributed by atoms with van der Waals surface area (Å²) in [5.74, 6) is 0.133. The molecular weight excluding hydrogens is 461 g/mol. The topological polar surface area (TPSA) is 84.3 Å². The molecule has 11 heteroatoms. The Morgan fingerprint density at radius 1 is 1.23 bits per heavy atom. The fraction of sp³-hybridized carbons (Fsp3) is 0.375. The fourth-order valence-corrected chi connectivity index (χ4v) is 4.11. The van der Waals surface area contributed by atoms with Gasteiger partial charge in [0, 0.05) is 50.8 Å². The number of pyridine rings is 1. The van der Waals surface area contributed by atoms with Gasteiger partial charge in [0.05, 0.1) is 17.3 Å². The van der Waals surface area contributed by atoms with Crippen molar-refractivity contribution in [1.29, 1.82) is 0 Å². The maximum atomic E-state index is 12.8. The van der Waals surface area contributed by atoms with E-state index in [9.17, 15) is 18.0 Å². The summed E-state index contributed by atoms with van der Waals surface area (Å²) in [5, 5.41) is 10.5. The van der Waals surface area contributed by atoms with Crippen LogP contribution in [-0.2, 0) is 18.4 Å². The highest BCUT2D eigenvalue weighted by Gasteiger charge is 2.31. The van der Waals surface area contributed by atoms with Gasteiger partial charge in [-0.3, -0.25) is 9.48 Å². The van der Waals surface area contributed by atoms with Gasteiger partial charge in [-0.25, -0.2) is 4.98 Å². The van der Waals surface area contributed by atoms with Crippen molar-refractivity contribution < 1.29 is 22.7 Å². The molecule has 1 aromatic carbocycles. The predicted octanol–water partition coefficient (Wildman–Crippen LogP) is 4.30. The van der Waals surface area contributed by atoms with Crippen molar-refractivity contribution in [2.75, 3.05) is 23.3 Å². The summed E-state index contributed by atoms with van der Waals surface area (Å²) < 4.78 is 42.5. The third kappa shape index (κ3) is 6.65. The molecule has 1 amide bonds. The lowest BCUT2D eigenvalue weighted by Gasteiger charge is -2.33. The van der Waals surface area contributed by atoms with E-state index in [1.54, 1.807) is 10.9 Å². The molecule has 3 aromatic rings. The zero-order valence-electron chi connectivity index (χ0n) is 19.5. The van der Waals surface area contributed by atoms with Crippen LogP contribution in [0, 0.1) is 12.8 Å². The Balaban J connectivity index is 1.33. The van der Waals surface area contributed by atoms with Gasteiger partial charge in [0.1, 0.15) is 11.6 Å². The van der Waals surface area contributed by atoms with Gasteiger partial charge >= 0.3 is 6.36 Å². The van der Waals surface area contributed by atoms with E-state index in [4.69, 9.17) is 0 Å². The van der Waals surface area contributed by atoms with E-state index in [2.05, 4.69) is 30.4 Å². The molecular formula is C24H27F3N6O2. The lowest BCUT2D eigenvalue weighted by Crippen LogP contribution is -2.43. The first-order valence-electron chi connectivity index (χ1n) is 11.3. The second-order valence-electron chi connectivity index (χ2n) is 8.52. The second-order valence-corrected chi connectivity index (χ2v) is 8.52. The number of carbonyl (C=O) groups is 1. The fourth-order valence-electron chi connectivity index (χ4n) is 4.11. The predicted molar refractivity (Wildman–Crippen MR) is 125 cm³/mol. The van der Waals surface area contributed by atoms with Crippen LogP contribution < -0.4 is 20.3 Å². The molecule has 186 valence electrons. The third-order valence-electron chi connectivity index (χ3n) is 5.80. The van der Waals surface area contributed by atoms with E-state index in [0.29, 0.717) is 17.9 Å². The minimum Gasteiger partial charge on any atom is -0.406 e. The van der Waals surface area contributed by atoms with Crippen LogP contribution in [0.2, 0.25) is 0 Å². The van der Waals surface area contributed by atoms with Crippen LogP contribution in [0.4, 0.5) is 30.4 Å². The number of alkyl halides is 3. The monoisotopic (exact) mass is 488 g/mol. The van der Waals surface area contributed by atoms with Gasteiger partial charge in [-0.2, -0.15) is 5.10 Å². The molecule has 0 spiro atoms. The van der Waals surface area contributed by atoms with Gasteiger partial charge in [-0.15, -0.1) is 13.2 Å². The highest BCUT2D eigenvalue weighted by molar-refractivity contribution is 5.79. The molecule has 1 fully saturated rings. The highest BCUT2D eigenvalue weighted by Crippen LogP contribution is 2.27. The number of amides is 1. The zero-order chi connectivity index (χ0) is 25.0. The molecule has 0 saturated carbocycles. The molecule has 3 heterocycles. The number of carbonyl (C=O) groups excluding carboxylic acids is 1. The Morgan fingerprint density at radius 2 is 2.00 bits per heavy atom. The third-order valence-corrected chi connectivity index (χ3v) is 5.80. The van der Waals surface area contributed by atoms with Crippen molar-refractivity contribution in [1.82, 2.24) is 20.1 Å². The van der Waals surface area contributed by atoms with E-state index in [1.807, 2.05) is 32.3 Å². The minimum atomic E-state index is -4.73. The molecule has 1 aliphatic heterocycles. The van der Waals surface area contributed by atoms with Crippen molar-refractivity contribution in [3.8, 4) is 5.75 Å². The van der Waals surface area contributed by atoms with Crippen LogP contribution in [0.25, 0.3) is 0 Å². The average Bonchev–Trinajstić information content (AvgIpc) is 3.14. The number of benzene rings is 1. The summed E-state index contributed by atoms with van der Waals surface area (Å²) in [4.78, 5) is 19.4. The van der Waals surface area contributed by atoms with E-state index in [0.717, 1.165) is 36.5 Å². The van der Waals surface area contributed by atoms with E-state index in [-0.39, 0.29) is 24.1 Å². The average molecular weight is 489 g/mol. The maximum absolute atomic E-state index is 12.8. The lowest BCUT2D eigenvalue weighted by molar-refractivity contribution is -0.274. The Labute approximate surface area is 201 Å². The number of nitrogens with one attached hydrogen (secondary N) is 2. The largest absolute Gasteiger partial charge is 0.573 e. The smallest absolute Gasteiger partial charge is 0.406 e. The molecule has 8 nitrogen and oxygen atoms in total. The molecule has 0 bridgehead atoms. The minimum absolute atomic E-state index is 0.0799. The molecule has 1 unspecified atom stereocenters. The van der Waals surface area contributed by atoms with E-state index in [1.165, 1.54) is 24.3 Å². The Morgan fingerprint density at radius 3 is 2.69 bits per heavy atom. The molecule has 35 heavy (non-hydrogen) atoms. The van der Waals surface area contributed by atoms with Gasteiger partial charge in [0.2, 0.25) is 5.91 Å². The number of ether oxygens (including phenoxy) is 1. The van der Waals surface area contributed by atoms with Crippen molar-refractivity contribution in [3.63, 3.8) is 0 Å². The number of piperidine rings is 1. The quantitative estimate of drug-likeness (QED) is 0.516. The molecule has 2 aromatic heterocycles.